The van der Waals surface area contributed by atoms with E-state index in [2.05, 4.69) is 4.98 Å². The molecule has 4 aromatic rings. The summed E-state index contributed by atoms with van der Waals surface area (Å²) in [5.41, 5.74) is 4.16. The number of benzene rings is 1. The number of rotatable bonds is 4. The summed E-state index contributed by atoms with van der Waals surface area (Å²) >= 11 is 7.58. The second-order valence-electron chi connectivity index (χ2n) is 6.24. The summed E-state index contributed by atoms with van der Waals surface area (Å²) < 4.78 is 14.3. The van der Waals surface area contributed by atoms with Crippen LogP contribution in [0.2, 0.25) is 4.34 Å². The van der Waals surface area contributed by atoms with Crippen LogP contribution in [0.15, 0.2) is 40.8 Å². The number of hydrogen-bond acceptors (Lipinski definition) is 5. The van der Waals surface area contributed by atoms with Crippen LogP contribution >= 0.6 is 22.9 Å². The fourth-order valence-corrected chi connectivity index (χ4v) is 4.29. The van der Waals surface area contributed by atoms with Crippen molar-refractivity contribution >= 4 is 39.1 Å². The molecule has 0 unspecified atom stereocenters. The van der Waals surface area contributed by atoms with E-state index in [0.717, 1.165) is 27.0 Å². The highest BCUT2D eigenvalue weighted by Crippen LogP contribution is 2.33. The lowest BCUT2D eigenvalue weighted by molar-refractivity contribution is 0.0589. The van der Waals surface area contributed by atoms with Gasteiger partial charge < -0.3 is 13.7 Å². The Kier molecular flexibility index (Phi) is 4.53. The molecule has 0 aliphatic heterocycles. The Bertz CT molecular complexity index is 1160. The maximum Gasteiger partial charge on any atom is 0.354 e. The van der Waals surface area contributed by atoms with E-state index in [1.165, 1.54) is 18.4 Å². The zero-order valence-corrected chi connectivity index (χ0v) is 16.6. The van der Waals surface area contributed by atoms with Crippen LogP contribution in [-0.2, 0) is 11.3 Å². The number of thiophene rings is 1. The Morgan fingerprint density at radius 1 is 1.30 bits per heavy atom. The van der Waals surface area contributed by atoms with E-state index in [9.17, 15) is 4.79 Å². The largest absolute Gasteiger partial charge is 0.464 e. The van der Waals surface area contributed by atoms with Gasteiger partial charge in [0.15, 0.2) is 0 Å². The van der Waals surface area contributed by atoms with Gasteiger partial charge in [0.25, 0.3) is 0 Å². The fourth-order valence-electron chi connectivity index (χ4n) is 3.11. The molecule has 0 radical (unpaired) electrons. The van der Waals surface area contributed by atoms with Gasteiger partial charge in [0, 0.05) is 5.56 Å². The van der Waals surface area contributed by atoms with Crippen molar-refractivity contribution in [3.05, 3.63) is 63.4 Å². The Morgan fingerprint density at radius 2 is 2.07 bits per heavy atom. The third-order valence-electron chi connectivity index (χ3n) is 4.53. The highest BCUT2D eigenvalue weighted by atomic mass is 35.5. The minimum atomic E-state index is -0.394. The van der Waals surface area contributed by atoms with Crippen molar-refractivity contribution in [3.63, 3.8) is 0 Å². The van der Waals surface area contributed by atoms with E-state index in [0.29, 0.717) is 28.2 Å². The lowest BCUT2D eigenvalue weighted by Crippen LogP contribution is -2.12. The van der Waals surface area contributed by atoms with Crippen LogP contribution in [0.3, 0.4) is 0 Å². The maximum atomic E-state index is 12.2. The number of hydrogen-bond donors (Lipinski definition) is 0. The monoisotopic (exact) mass is 400 g/mol. The van der Waals surface area contributed by atoms with Gasteiger partial charge in [0.2, 0.25) is 5.89 Å². The van der Waals surface area contributed by atoms with Crippen LogP contribution in [0.5, 0.6) is 0 Å². The van der Waals surface area contributed by atoms with Crippen molar-refractivity contribution in [2.75, 3.05) is 7.11 Å². The highest BCUT2D eigenvalue weighted by molar-refractivity contribution is 7.22. The molecular formula is C20H17ClN2O3S. The molecule has 4 rings (SSSR count). The molecule has 0 bridgehead atoms. The highest BCUT2D eigenvalue weighted by Gasteiger charge is 2.21. The van der Waals surface area contributed by atoms with Gasteiger partial charge in [-0.15, -0.1) is 11.3 Å². The summed E-state index contributed by atoms with van der Waals surface area (Å²) in [6.45, 7) is 4.29. The molecule has 7 heteroatoms. The molecule has 3 heterocycles. The Hall–Kier alpha value is -2.57. The van der Waals surface area contributed by atoms with Gasteiger partial charge in [0.05, 0.1) is 28.2 Å². The SMILES string of the molecule is COC(=O)c1cc2sc(Cl)cc2n1Cc1nc(-c2ccccc2C)oc1C. The van der Waals surface area contributed by atoms with Crippen molar-refractivity contribution in [2.45, 2.75) is 20.4 Å². The summed E-state index contributed by atoms with van der Waals surface area (Å²) in [6.07, 6.45) is 0. The van der Waals surface area contributed by atoms with Crippen molar-refractivity contribution in [3.8, 4) is 11.5 Å². The predicted octanol–water partition coefficient (Wildman–Crippen LogP) is 5.46. The maximum absolute atomic E-state index is 12.2. The molecule has 138 valence electrons. The normalized spacial score (nSPS) is 11.3. The third kappa shape index (κ3) is 3.15. The number of aromatic nitrogens is 2. The lowest BCUT2D eigenvalue weighted by Gasteiger charge is -2.07. The van der Waals surface area contributed by atoms with E-state index in [4.69, 9.17) is 20.8 Å². The second-order valence-corrected chi connectivity index (χ2v) is 7.96. The van der Waals surface area contributed by atoms with E-state index in [1.54, 1.807) is 6.07 Å². The smallest absolute Gasteiger partial charge is 0.354 e. The molecular weight excluding hydrogens is 384 g/mol. The molecule has 0 aliphatic rings. The zero-order valence-electron chi connectivity index (χ0n) is 15.1. The molecule has 0 atom stereocenters. The molecule has 0 N–H and O–H groups in total. The molecule has 1 aromatic carbocycles. The number of methoxy groups -OCH3 is 1. The number of carbonyl (C=O) groups is 1. The molecule has 0 fully saturated rings. The molecule has 5 nitrogen and oxygen atoms in total. The minimum absolute atomic E-state index is 0.391. The summed E-state index contributed by atoms with van der Waals surface area (Å²) in [5, 5.41) is 0. The van der Waals surface area contributed by atoms with Crippen molar-refractivity contribution in [2.24, 2.45) is 0 Å². The van der Waals surface area contributed by atoms with Gasteiger partial charge in [-0.25, -0.2) is 9.78 Å². The number of nitrogens with zero attached hydrogens (tertiary/aromatic N) is 2. The van der Waals surface area contributed by atoms with E-state index >= 15 is 0 Å². The van der Waals surface area contributed by atoms with Gasteiger partial charge in [0.1, 0.15) is 17.1 Å². The standard InChI is InChI=1S/C20H17ClN2O3S/c1-11-6-4-5-7-13(11)19-22-14(12(2)26-19)10-23-15-9-18(21)27-17(15)8-16(23)20(24)25-3/h4-9H,10H2,1-3H3. The Balaban J connectivity index is 1.79. The average molecular weight is 401 g/mol. The number of aryl methyl sites for hydroxylation is 2. The van der Waals surface area contributed by atoms with Crippen LogP contribution in [0, 0.1) is 13.8 Å². The molecule has 3 aromatic heterocycles. The number of esters is 1. The average Bonchev–Trinajstić information content (AvgIpc) is 3.29. The van der Waals surface area contributed by atoms with E-state index in [1.807, 2.05) is 48.7 Å². The first-order valence-electron chi connectivity index (χ1n) is 8.37. The third-order valence-corrected chi connectivity index (χ3v) is 5.73. The molecule has 0 saturated heterocycles. The first-order chi connectivity index (χ1) is 13.0. The van der Waals surface area contributed by atoms with Crippen LogP contribution in [0.4, 0.5) is 0 Å². The summed E-state index contributed by atoms with van der Waals surface area (Å²) in [6, 6.07) is 11.6. The van der Waals surface area contributed by atoms with Crippen molar-refractivity contribution < 1.29 is 13.9 Å². The first kappa shape index (κ1) is 17.8. The number of oxazole rings is 1. The first-order valence-corrected chi connectivity index (χ1v) is 9.56. The molecule has 27 heavy (non-hydrogen) atoms. The van der Waals surface area contributed by atoms with Gasteiger partial charge in [-0.2, -0.15) is 0 Å². The molecule has 0 aliphatic carbocycles. The minimum Gasteiger partial charge on any atom is -0.464 e. The van der Waals surface area contributed by atoms with E-state index in [-0.39, 0.29) is 0 Å². The van der Waals surface area contributed by atoms with Crippen molar-refractivity contribution in [1.82, 2.24) is 9.55 Å². The van der Waals surface area contributed by atoms with Crippen LogP contribution in [-0.4, -0.2) is 22.6 Å². The van der Waals surface area contributed by atoms with Gasteiger partial charge in [-0.05, 0) is 37.6 Å². The summed E-state index contributed by atoms with van der Waals surface area (Å²) in [7, 11) is 1.37. The quantitative estimate of drug-likeness (QED) is 0.426. The topological polar surface area (TPSA) is 57.3 Å². The molecule has 0 amide bonds. The van der Waals surface area contributed by atoms with Gasteiger partial charge in [-0.3, -0.25) is 0 Å². The Labute approximate surface area is 165 Å². The predicted molar refractivity (Wildman–Crippen MR) is 107 cm³/mol. The van der Waals surface area contributed by atoms with Crippen LogP contribution in [0.1, 0.15) is 27.5 Å². The van der Waals surface area contributed by atoms with Gasteiger partial charge >= 0.3 is 5.97 Å². The number of halogens is 1. The number of carbonyl (C=O) groups excluding carboxylic acids is 1. The number of fused-ring (bicyclic) bond motifs is 1. The molecule has 0 saturated carbocycles. The van der Waals surface area contributed by atoms with Gasteiger partial charge in [-0.1, -0.05) is 29.8 Å². The summed E-state index contributed by atoms with van der Waals surface area (Å²) in [5.74, 6) is 0.897. The second kappa shape index (κ2) is 6.87. The van der Waals surface area contributed by atoms with Crippen molar-refractivity contribution in [1.29, 1.82) is 0 Å². The zero-order chi connectivity index (χ0) is 19.1. The van der Waals surface area contributed by atoms with Crippen LogP contribution in [0.25, 0.3) is 21.7 Å². The number of ether oxygens (including phenoxy) is 1. The summed E-state index contributed by atoms with van der Waals surface area (Å²) in [4.78, 5) is 16.9. The molecule has 0 spiro atoms. The Morgan fingerprint density at radius 3 is 2.81 bits per heavy atom. The van der Waals surface area contributed by atoms with E-state index < -0.39 is 5.97 Å². The lowest BCUT2D eigenvalue weighted by atomic mass is 10.1. The fraction of sp³-hybridized carbons (Fsp3) is 0.200. The van der Waals surface area contributed by atoms with Crippen LogP contribution < -0.4 is 0 Å².